The first-order valence-corrected chi connectivity index (χ1v) is 13.4. The molecular weight excluding hydrogens is 494 g/mol. The minimum absolute atomic E-state index is 0.0744. The number of carbonyl (C=O) groups excluding carboxylic acids is 2. The zero-order chi connectivity index (χ0) is 27.4. The van der Waals surface area contributed by atoms with Crippen LogP contribution in [0, 0.1) is 13.8 Å². The summed E-state index contributed by atoms with van der Waals surface area (Å²) in [4.78, 5) is 41.1. The summed E-state index contributed by atoms with van der Waals surface area (Å²) in [5.41, 5.74) is 4.92. The predicted molar refractivity (Wildman–Crippen MR) is 149 cm³/mol. The van der Waals surface area contributed by atoms with Crippen molar-refractivity contribution in [2.45, 2.75) is 20.3 Å². The van der Waals surface area contributed by atoms with Gasteiger partial charge in [0.25, 0.3) is 11.8 Å². The molecule has 0 spiro atoms. The summed E-state index contributed by atoms with van der Waals surface area (Å²) in [7, 11) is 1.77. The Kier molecular flexibility index (Phi) is 8.07. The fraction of sp³-hybridized carbons (Fsp3) is 0.400. The van der Waals surface area contributed by atoms with E-state index in [0.717, 1.165) is 35.7 Å². The van der Waals surface area contributed by atoms with Crippen LogP contribution in [-0.4, -0.2) is 91.2 Å². The maximum atomic E-state index is 13.5. The molecule has 1 aromatic heterocycles. The summed E-state index contributed by atoms with van der Waals surface area (Å²) in [6.07, 6.45) is 2.20. The van der Waals surface area contributed by atoms with Crippen molar-refractivity contribution in [2.75, 3.05) is 64.5 Å². The number of ether oxygens (including phenoxy) is 2. The van der Waals surface area contributed by atoms with Crippen molar-refractivity contribution >= 4 is 17.5 Å². The number of hydrogen-bond acceptors (Lipinski definition) is 7. The molecule has 2 bridgehead atoms. The Hall–Kier alpha value is -3.98. The lowest BCUT2D eigenvalue weighted by Crippen LogP contribution is -2.41. The van der Waals surface area contributed by atoms with E-state index in [0.29, 0.717) is 68.5 Å². The Morgan fingerprint density at radius 2 is 1.77 bits per heavy atom. The Bertz CT molecular complexity index is 1350. The van der Waals surface area contributed by atoms with Crippen LogP contribution in [0.25, 0.3) is 0 Å². The minimum Gasteiger partial charge on any atom is -0.491 e. The first-order valence-electron chi connectivity index (χ1n) is 13.4. The zero-order valence-electron chi connectivity index (χ0n) is 22.9. The van der Waals surface area contributed by atoms with Crippen molar-refractivity contribution in [2.24, 2.45) is 0 Å². The number of carbonyl (C=O) groups is 2. The largest absolute Gasteiger partial charge is 0.491 e. The lowest BCUT2D eigenvalue weighted by Gasteiger charge is -2.30. The summed E-state index contributed by atoms with van der Waals surface area (Å²) >= 11 is 0. The highest BCUT2D eigenvalue weighted by Crippen LogP contribution is 2.29. The van der Waals surface area contributed by atoms with Crippen molar-refractivity contribution in [1.82, 2.24) is 19.8 Å². The van der Waals surface area contributed by atoms with Crippen molar-refractivity contribution in [3.05, 3.63) is 82.4 Å². The number of fused-ring (bicyclic) bond motifs is 3. The van der Waals surface area contributed by atoms with E-state index in [-0.39, 0.29) is 11.8 Å². The maximum absolute atomic E-state index is 13.5. The molecule has 1 fully saturated rings. The van der Waals surface area contributed by atoms with Gasteiger partial charge in [-0.1, -0.05) is 12.1 Å². The van der Waals surface area contributed by atoms with Crippen molar-refractivity contribution in [1.29, 1.82) is 0 Å². The molecule has 204 valence electrons. The van der Waals surface area contributed by atoms with Crippen LogP contribution in [-0.2, 0) is 11.2 Å². The Balaban J connectivity index is 1.47. The van der Waals surface area contributed by atoms with Crippen molar-refractivity contribution in [3.8, 4) is 5.75 Å². The Morgan fingerprint density at radius 1 is 0.949 bits per heavy atom. The van der Waals surface area contributed by atoms with Crippen LogP contribution in [0.3, 0.4) is 0 Å². The van der Waals surface area contributed by atoms with Crippen LogP contribution in [0.5, 0.6) is 5.75 Å². The van der Waals surface area contributed by atoms with Crippen LogP contribution in [0.2, 0.25) is 0 Å². The lowest BCUT2D eigenvalue weighted by molar-refractivity contribution is 0.0667. The monoisotopic (exact) mass is 529 g/mol. The van der Waals surface area contributed by atoms with Gasteiger partial charge < -0.3 is 24.2 Å². The highest BCUT2D eigenvalue weighted by atomic mass is 16.5. The van der Waals surface area contributed by atoms with Gasteiger partial charge in [-0.25, -0.2) is 9.97 Å². The van der Waals surface area contributed by atoms with Gasteiger partial charge in [-0.15, -0.1) is 0 Å². The molecule has 3 heterocycles. The number of nitrogens with zero attached hydrogens (tertiary/aromatic N) is 5. The van der Waals surface area contributed by atoms with Crippen LogP contribution < -0.4 is 9.64 Å². The van der Waals surface area contributed by atoms with Crippen molar-refractivity contribution in [3.63, 3.8) is 0 Å². The maximum Gasteiger partial charge on any atom is 0.257 e. The number of morpholine rings is 1. The predicted octanol–water partition coefficient (Wildman–Crippen LogP) is 3.13. The average Bonchev–Trinajstić information content (AvgIpc) is 2.94. The number of aryl methyl sites for hydroxylation is 2. The molecule has 1 saturated heterocycles. The number of rotatable bonds is 2. The Labute approximate surface area is 229 Å². The lowest BCUT2D eigenvalue weighted by atomic mass is 10.0. The van der Waals surface area contributed by atoms with Gasteiger partial charge in [0.1, 0.15) is 18.2 Å². The second kappa shape index (κ2) is 11.8. The number of aromatic nitrogens is 2. The SMILES string of the molecule is Cc1ncc(C(=O)N2CCOc3ccc(N4CCOCC4)cc3Cc3cccc(c3)C(=O)N(C)CC2)c(C)n1. The third-order valence-electron chi connectivity index (χ3n) is 7.28. The van der Waals surface area contributed by atoms with E-state index in [2.05, 4.69) is 27.0 Å². The second-order valence-corrected chi connectivity index (χ2v) is 10.1. The first-order chi connectivity index (χ1) is 18.9. The van der Waals surface area contributed by atoms with Gasteiger partial charge >= 0.3 is 0 Å². The third kappa shape index (κ3) is 6.20. The van der Waals surface area contributed by atoms with E-state index < -0.39 is 0 Å². The number of amides is 2. The van der Waals surface area contributed by atoms with E-state index in [1.165, 1.54) is 0 Å². The molecule has 0 radical (unpaired) electrons. The molecule has 0 aliphatic carbocycles. The molecule has 0 atom stereocenters. The third-order valence-corrected chi connectivity index (χ3v) is 7.28. The highest BCUT2D eigenvalue weighted by molar-refractivity contribution is 5.95. The van der Waals surface area contributed by atoms with E-state index in [9.17, 15) is 9.59 Å². The number of anilines is 1. The van der Waals surface area contributed by atoms with Crippen LogP contribution in [0.1, 0.15) is 43.4 Å². The molecule has 2 aromatic carbocycles. The molecule has 9 nitrogen and oxygen atoms in total. The van der Waals surface area contributed by atoms with E-state index in [4.69, 9.17) is 9.47 Å². The molecule has 39 heavy (non-hydrogen) atoms. The zero-order valence-corrected chi connectivity index (χ0v) is 22.9. The van der Waals surface area contributed by atoms with Gasteiger partial charge in [-0.3, -0.25) is 9.59 Å². The fourth-order valence-electron chi connectivity index (χ4n) is 5.03. The molecule has 3 aromatic rings. The first kappa shape index (κ1) is 26.6. The van der Waals surface area contributed by atoms with Gasteiger partial charge in [0.2, 0.25) is 0 Å². The molecular formula is C30H35N5O4. The smallest absolute Gasteiger partial charge is 0.257 e. The summed E-state index contributed by atoms with van der Waals surface area (Å²) in [5.74, 6) is 1.15. The van der Waals surface area contributed by atoms with E-state index in [1.807, 2.05) is 37.3 Å². The summed E-state index contributed by atoms with van der Waals surface area (Å²) in [5, 5.41) is 0. The highest BCUT2D eigenvalue weighted by Gasteiger charge is 2.22. The molecule has 0 unspecified atom stereocenters. The standard InChI is InChI=1S/C30H35N5O4/c1-21-27(20-31-22(2)32-21)30(37)35-10-9-33(3)29(36)24-6-4-5-23(17-24)18-25-19-26(34-11-14-38-15-12-34)7-8-28(25)39-16-13-35/h4-8,17,19-20H,9-16,18H2,1-3H3. The van der Waals surface area contributed by atoms with Gasteiger partial charge in [-0.2, -0.15) is 0 Å². The van der Waals surface area contributed by atoms with Gasteiger partial charge in [0, 0.05) is 62.7 Å². The quantitative estimate of drug-likeness (QED) is 0.504. The van der Waals surface area contributed by atoms with E-state index in [1.54, 1.807) is 30.0 Å². The van der Waals surface area contributed by atoms with Gasteiger partial charge in [0.05, 0.1) is 31.0 Å². The fourth-order valence-corrected chi connectivity index (χ4v) is 5.03. The molecule has 9 heteroatoms. The van der Waals surface area contributed by atoms with Crippen LogP contribution in [0.4, 0.5) is 5.69 Å². The number of benzene rings is 2. The minimum atomic E-state index is -0.172. The summed E-state index contributed by atoms with van der Waals surface area (Å²) in [6, 6.07) is 14.0. The summed E-state index contributed by atoms with van der Waals surface area (Å²) in [6.45, 7) is 8.15. The van der Waals surface area contributed by atoms with Crippen LogP contribution in [0.15, 0.2) is 48.7 Å². The molecule has 5 rings (SSSR count). The second-order valence-electron chi connectivity index (χ2n) is 10.1. The topological polar surface area (TPSA) is 88.1 Å². The van der Waals surface area contributed by atoms with Gasteiger partial charge in [0.15, 0.2) is 0 Å². The number of hydrogen-bond donors (Lipinski definition) is 0. The summed E-state index contributed by atoms with van der Waals surface area (Å²) < 4.78 is 11.8. The Morgan fingerprint density at radius 3 is 2.56 bits per heavy atom. The molecule has 0 N–H and O–H groups in total. The molecule has 2 aliphatic rings. The average molecular weight is 530 g/mol. The van der Waals surface area contributed by atoms with Gasteiger partial charge in [-0.05, 0) is 49.7 Å². The van der Waals surface area contributed by atoms with Crippen molar-refractivity contribution < 1.29 is 19.1 Å². The van der Waals surface area contributed by atoms with E-state index >= 15 is 0 Å². The van der Waals surface area contributed by atoms with Crippen LogP contribution >= 0.6 is 0 Å². The number of likely N-dealkylation sites (N-methyl/N-ethyl adjacent to an activating group) is 1. The normalized spacial score (nSPS) is 16.8. The molecule has 2 amide bonds. The molecule has 2 aliphatic heterocycles. The molecule has 0 saturated carbocycles.